The van der Waals surface area contributed by atoms with Crippen molar-refractivity contribution >= 4 is 16.8 Å². The molecule has 4 fully saturated rings. The van der Waals surface area contributed by atoms with Crippen molar-refractivity contribution in [3.8, 4) is 11.1 Å². The molecule has 1 amide bonds. The van der Waals surface area contributed by atoms with Crippen molar-refractivity contribution in [2.75, 3.05) is 6.61 Å². The van der Waals surface area contributed by atoms with Crippen molar-refractivity contribution in [3.05, 3.63) is 42.9 Å². The maximum Gasteiger partial charge on any atom is 0.223 e. The van der Waals surface area contributed by atoms with E-state index in [1.807, 2.05) is 10.9 Å². The van der Waals surface area contributed by atoms with Crippen LogP contribution >= 0.6 is 0 Å². The predicted molar refractivity (Wildman–Crippen MR) is 145 cm³/mol. The van der Waals surface area contributed by atoms with Crippen molar-refractivity contribution in [2.24, 2.45) is 11.8 Å². The molecule has 0 spiro atoms. The number of amides is 1. The number of aromatic nitrogens is 3. The van der Waals surface area contributed by atoms with Gasteiger partial charge in [-0.1, -0.05) is 25.3 Å². The third-order valence-corrected chi connectivity index (χ3v) is 9.73. The van der Waals surface area contributed by atoms with Gasteiger partial charge < -0.3 is 14.2 Å². The molecule has 6 heteroatoms. The van der Waals surface area contributed by atoms with Crippen LogP contribution < -0.4 is 0 Å². The molecule has 3 aromatic rings. The predicted octanol–water partition coefficient (Wildman–Crippen LogP) is 6.55. The van der Waals surface area contributed by atoms with E-state index in [2.05, 4.69) is 51.2 Å². The highest BCUT2D eigenvalue weighted by molar-refractivity contribution is 5.85. The molecule has 7 rings (SSSR count). The molecule has 4 aliphatic rings. The van der Waals surface area contributed by atoms with Gasteiger partial charge in [0.2, 0.25) is 5.91 Å². The van der Waals surface area contributed by atoms with Gasteiger partial charge in [-0.25, -0.2) is 4.68 Å². The summed E-state index contributed by atoms with van der Waals surface area (Å²) in [4.78, 5) is 15.6. The van der Waals surface area contributed by atoms with Gasteiger partial charge in [0.15, 0.2) is 0 Å². The highest BCUT2D eigenvalue weighted by atomic mass is 16.5. The number of fused-ring (bicyclic) bond motifs is 3. The average Bonchev–Trinajstić information content (AvgIpc) is 3.73. The number of benzene rings is 1. The van der Waals surface area contributed by atoms with Crippen molar-refractivity contribution in [1.29, 1.82) is 0 Å². The quantitative estimate of drug-likeness (QED) is 0.385. The second-order valence-corrected chi connectivity index (χ2v) is 12.1. The second kappa shape index (κ2) is 9.94. The number of hydrogen-bond acceptors (Lipinski definition) is 3. The third-order valence-electron chi connectivity index (χ3n) is 9.73. The van der Waals surface area contributed by atoms with E-state index >= 15 is 0 Å². The van der Waals surface area contributed by atoms with Crippen LogP contribution in [0.5, 0.6) is 0 Å². The lowest BCUT2D eigenvalue weighted by Crippen LogP contribution is -2.38. The smallest absolute Gasteiger partial charge is 0.223 e. The summed E-state index contributed by atoms with van der Waals surface area (Å²) in [5.74, 6) is 1.64. The minimum Gasteiger partial charge on any atom is -0.357 e. The summed E-state index contributed by atoms with van der Waals surface area (Å²) in [7, 11) is 0. The summed E-state index contributed by atoms with van der Waals surface area (Å²) in [6, 6.07) is 9.93. The largest absolute Gasteiger partial charge is 0.357 e. The molecule has 196 valence electrons. The first-order valence-corrected chi connectivity index (χ1v) is 14.8. The Labute approximate surface area is 220 Å². The Morgan fingerprint density at radius 3 is 2.73 bits per heavy atom. The van der Waals surface area contributed by atoms with Gasteiger partial charge in [0.05, 0.1) is 6.20 Å². The second-order valence-electron chi connectivity index (χ2n) is 12.1. The summed E-state index contributed by atoms with van der Waals surface area (Å²) in [5, 5.41) is 5.87. The van der Waals surface area contributed by atoms with Crippen LogP contribution in [0.2, 0.25) is 0 Å². The van der Waals surface area contributed by atoms with E-state index in [0.717, 1.165) is 38.0 Å². The Kier molecular flexibility index (Phi) is 6.31. The Morgan fingerprint density at radius 2 is 1.86 bits per heavy atom. The van der Waals surface area contributed by atoms with E-state index in [1.165, 1.54) is 74.3 Å². The minimum absolute atomic E-state index is 0.0724. The van der Waals surface area contributed by atoms with Gasteiger partial charge in [-0.15, -0.1) is 0 Å². The molecule has 2 aromatic heterocycles. The number of carbonyl (C=O) groups is 1. The van der Waals surface area contributed by atoms with Crippen LogP contribution in [0, 0.1) is 11.8 Å². The van der Waals surface area contributed by atoms with Gasteiger partial charge in [0.1, 0.15) is 6.23 Å². The molecule has 1 saturated carbocycles. The number of carbonyl (C=O) groups excluding carboxylic acids is 1. The SMILES string of the molecule is O=C(CC1CCCCC1)N1C2CCC1C(Cn1ccc3cc(-c4cnn(C5CCCCO5)c4)ccc31)C2. The highest BCUT2D eigenvalue weighted by Gasteiger charge is 2.48. The average molecular weight is 501 g/mol. The molecule has 4 atom stereocenters. The van der Waals surface area contributed by atoms with Gasteiger partial charge in [-0.05, 0) is 87.0 Å². The first kappa shape index (κ1) is 23.5. The monoisotopic (exact) mass is 500 g/mol. The Bertz CT molecular complexity index is 1250. The molecule has 0 N–H and O–H groups in total. The maximum atomic E-state index is 13.3. The van der Waals surface area contributed by atoms with Crippen LogP contribution in [-0.2, 0) is 16.1 Å². The maximum absolute atomic E-state index is 13.3. The lowest BCUT2D eigenvalue weighted by molar-refractivity contribution is -0.133. The van der Waals surface area contributed by atoms with Gasteiger partial charge in [0, 0.05) is 60.5 Å². The van der Waals surface area contributed by atoms with E-state index < -0.39 is 0 Å². The molecule has 1 aliphatic carbocycles. The fraction of sp³-hybridized carbons (Fsp3) is 0.613. The normalized spacial score (nSPS) is 28.4. The fourth-order valence-electron chi connectivity index (χ4n) is 7.81. The van der Waals surface area contributed by atoms with Crippen molar-refractivity contribution in [2.45, 2.75) is 102 Å². The number of hydrogen-bond donors (Lipinski definition) is 0. The molecule has 6 nitrogen and oxygen atoms in total. The third kappa shape index (κ3) is 4.52. The molecular weight excluding hydrogens is 460 g/mol. The molecule has 3 saturated heterocycles. The molecule has 1 aromatic carbocycles. The number of nitrogens with zero attached hydrogens (tertiary/aromatic N) is 4. The van der Waals surface area contributed by atoms with E-state index in [1.54, 1.807) is 0 Å². The van der Waals surface area contributed by atoms with E-state index in [-0.39, 0.29) is 6.23 Å². The number of rotatable bonds is 6. The number of ether oxygens (including phenoxy) is 1. The van der Waals surface area contributed by atoms with Gasteiger partial charge in [-0.2, -0.15) is 5.10 Å². The van der Waals surface area contributed by atoms with E-state index in [0.29, 0.717) is 29.8 Å². The summed E-state index contributed by atoms with van der Waals surface area (Å²) < 4.78 is 10.3. The first-order valence-electron chi connectivity index (χ1n) is 14.8. The Morgan fingerprint density at radius 1 is 0.973 bits per heavy atom. The standard InChI is InChI=1S/C31H40N4O2/c36-30(16-22-6-2-1-3-7-22)35-27-10-12-29(35)25(18-27)20-33-14-13-24-17-23(9-11-28(24)33)26-19-32-34(21-26)31-8-4-5-15-37-31/h9,11,13-14,17,19,21-22,25,27,29,31H,1-8,10,12,15-16,18,20H2. The molecule has 4 unspecified atom stereocenters. The zero-order valence-electron chi connectivity index (χ0n) is 21.9. The van der Waals surface area contributed by atoms with Gasteiger partial charge >= 0.3 is 0 Å². The van der Waals surface area contributed by atoms with Gasteiger partial charge in [0.25, 0.3) is 0 Å². The summed E-state index contributed by atoms with van der Waals surface area (Å²) in [5.41, 5.74) is 3.63. The molecule has 3 aliphatic heterocycles. The zero-order valence-corrected chi connectivity index (χ0v) is 21.9. The molecule has 0 radical (unpaired) electrons. The summed E-state index contributed by atoms with van der Waals surface area (Å²) >= 11 is 0. The van der Waals surface area contributed by atoms with Crippen LogP contribution in [0.25, 0.3) is 22.0 Å². The Balaban J connectivity index is 1.04. The van der Waals surface area contributed by atoms with E-state index in [9.17, 15) is 4.79 Å². The van der Waals surface area contributed by atoms with Crippen molar-refractivity contribution in [1.82, 2.24) is 19.2 Å². The van der Waals surface area contributed by atoms with Crippen LogP contribution in [0.1, 0.15) is 83.3 Å². The molecule has 2 bridgehead atoms. The van der Waals surface area contributed by atoms with Crippen molar-refractivity contribution < 1.29 is 9.53 Å². The summed E-state index contributed by atoms with van der Waals surface area (Å²) in [6.45, 7) is 1.84. The van der Waals surface area contributed by atoms with Crippen LogP contribution in [0.4, 0.5) is 0 Å². The first-order chi connectivity index (χ1) is 18.2. The van der Waals surface area contributed by atoms with Crippen LogP contribution in [0.15, 0.2) is 42.9 Å². The van der Waals surface area contributed by atoms with Crippen molar-refractivity contribution in [3.63, 3.8) is 0 Å². The highest BCUT2D eigenvalue weighted by Crippen LogP contribution is 2.44. The van der Waals surface area contributed by atoms with Crippen LogP contribution in [0.3, 0.4) is 0 Å². The van der Waals surface area contributed by atoms with Gasteiger partial charge in [-0.3, -0.25) is 4.79 Å². The molecule has 37 heavy (non-hydrogen) atoms. The lowest BCUT2D eigenvalue weighted by atomic mass is 9.86. The Hall–Kier alpha value is -2.60. The summed E-state index contributed by atoms with van der Waals surface area (Å²) in [6.07, 6.45) is 20.6. The molecule has 5 heterocycles. The topological polar surface area (TPSA) is 52.3 Å². The van der Waals surface area contributed by atoms with Crippen LogP contribution in [-0.4, -0.2) is 43.8 Å². The minimum atomic E-state index is 0.0724. The fourth-order valence-corrected chi connectivity index (χ4v) is 7.81. The molecular formula is C31H40N4O2. The van der Waals surface area contributed by atoms with E-state index in [4.69, 9.17) is 4.74 Å². The zero-order chi connectivity index (χ0) is 24.8. The lowest BCUT2D eigenvalue weighted by Gasteiger charge is -2.28.